The molecule has 0 saturated carbocycles. The largest absolute Gasteiger partial charge is 0.261 e. The zero-order chi connectivity index (χ0) is 14.2. The van der Waals surface area contributed by atoms with Crippen molar-refractivity contribution in [3.63, 3.8) is 0 Å². The van der Waals surface area contributed by atoms with E-state index in [1.54, 1.807) is 35.1 Å². The maximum absolute atomic E-state index is 2.32. The van der Waals surface area contributed by atoms with E-state index in [2.05, 4.69) is 20.8 Å². The first kappa shape index (κ1) is 19.5. The van der Waals surface area contributed by atoms with Gasteiger partial charge in [0.25, 0.3) is 14.1 Å². The standard InChI is InChI=1S/3C6H13.Al/c3*1-3-5-6-4-2;/h3*1,3-6H2,2H3;. The highest BCUT2D eigenvalue weighted by Crippen LogP contribution is 2.19. The maximum atomic E-state index is 2.32. The van der Waals surface area contributed by atoms with Crippen LogP contribution in [-0.2, 0) is 0 Å². The molecule has 0 aromatic carbocycles. The summed E-state index contributed by atoms with van der Waals surface area (Å²) < 4.78 is 0. The van der Waals surface area contributed by atoms with Crippen LogP contribution in [0.1, 0.15) is 97.8 Å². The van der Waals surface area contributed by atoms with Crippen LogP contribution in [0.4, 0.5) is 0 Å². The Bertz CT molecular complexity index is 127. The van der Waals surface area contributed by atoms with Gasteiger partial charge in [0.15, 0.2) is 0 Å². The Morgan fingerprint density at radius 3 is 1.00 bits per heavy atom. The van der Waals surface area contributed by atoms with Gasteiger partial charge in [0.1, 0.15) is 0 Å². The first-order chi connectivity index (χ1) is 9.35. The predicted octanol–water partition coefficient (Wildman–Crippen LogP) is 7.22. The Morgan fingerprint density at radius 2 is 0.737 bits per heavy atom. The quantitative estimate of drug-likeness (QED) is 0.220. The first-order valence-electron chi connectivity index (χ1n) is 9.35. The van der Waals surface area contributed by atoms with Crippen molar-refractivity contribution in [2.75, 3.05) is 0 Å². The molecule has 0 radical (unpaired) electrons. The van der Waals surface area contributed by atoms with E-state index in [1.165, 1.54) is 57.8 Å². The smallest absolute Gasteiger partial charge is 0.0939 e. The lowest BCUT2D eigenvalue weighted by molar-refractivity contribution is 0.672. The van der Waals surface area contributed by atoms with Gasteiger partial charge in [-0.2, -0.15) is 0 Å². The van der Waals surface area contributed by atoms with Gasteiger partial charge in [0, 0.05) is 0 Å². The van der Waals surface area contributed by atoms with Gasteiger partial charge in [0.05, 0.1) is 0 Å². The fraction of sp³-hybridized carbons (Fsp3) is 1.00. The van der Waals surface area contributed by atoms with Crippen molar-refractivity contribution in [3.05, 3.63) is 0 Å². The normalized spacial score (nSPS) is 10.9. The van der Waals surface area contributed by atoms with Crippen molar-refractivity contribution in [2.45, 2.75) is 114 Å². The lowest BCUT2D eigenvalue weighted by Crippen LogP contribution is -2.11. The highest BCUT2D eigenvalue weighted by molar-refractivity contribution is 6.58. The molecule has 19 heavy (non-hydrogen) atoms. The van der Waals surface area contributed by atoms with Crippen molar-refractivity contribution >= 4 is 14.1 Å². The third-order valence-electron chi connectivity index (χ3n) is 4.40. The van der Waals surface area contributed by atoms with Crippen LogP contribution in [0.5, 0.6) is 0 Å². The van der Waals surface area contributed by atoms with E-state index in [0.29, 0.717) is 0 Å². The lowest BCUT2D eigenvalue weighted by Gasteiger charge is -2.11. The van der Waals surface area contributed by atoms with E-state index in [9.17, 15) is 0 Å². The number of hydrogen-bond donors (Lipinski definition) is 0. The SMILES string of the molecule is CCCCC[CH2][Al]([CH2]CCCCC)[CH2]CCCCC. The van der Waals surface area contributed by atoms with E-state index in [4.69, 9.17) is 0 Å². The van der Waals surface area contributed by atoms with E-state index in [-0.39, 0.29) is 14.1 Å². The second-order valence-electron chi connectivity index (χ2n) is 6.41. The van der Waals surface area contributed by atoms with Crippen LogP contribution in [0.15, 0.2) is 0 Å². The molecule has 114 valence electrons. The van der Waals surface area contributed by atoms with Crippen LogP contribution >= 0.6 is 0 Å². The van der Waals surface area contributed by atoms with Crippen molar-refractivity contribution in [1.29, 1.82) is 0 Å². The van der Waals surface area contributed by atoms with Crippen LogP contribution in [0, 0.1) is 0 Å². The molecule has 0 N–H and O–H groups in total. The topological polar surface area (TPSA) is 0 Å². The van der Waals surface area contributed by atoms with Gasteiger partial charge in [-0.15, -0.1) is 0 Å². The van der Waals surface area contributed by atoms with Crippen molar-refractivity contribution in [2.24, 2.45) is 0 Å². The summed E-state index contributed by atoms with van der Waals surface area (Å²) in [6.45, 7) is 6.97. The molecule has 0 aliphatic rings. The average molecular weight is 282 g/mol. The van der Waals surface area contributed by atoms with Gasteiger partial charge in [-0.3, -0.25) is 0 Å². The van der Waals surface area contributed by atoms with Gasteiger partial charge < -0.3 is 0 Å². The second-order valence-corrected chi connectivity index (χ2v) is 9.88. The third-order valence-corrected chi connectivity index (χ3v) is 8.07. The Morgan fingerprint density at radius 1 is 0.421 bits per heavy atom. The van der Waals surface area contributed by atoms with Crippen LogP contribution in [0.25, 0.3) is 0 Å². The summed E-state index contributed by atoms with van der Waals surface area (Å²) in [5.74, 6) is 0. The molecule has 0 aromatic heterocycles. The van der Waals surface area contributed by atoms with Crippen LogP contribution < -0.4 is 0 Å². The van der Waals surface area contributed by atoms with Gasteiger partial charge in [-0.1, -0.05) is 114 Å². The molecular weight excluding hydrogens is 243 g/mol. The zero-order valence-corrected chi connectivity index (χ0v) is 15.3. The fourth-order valence-electron chi connectivity index (χ4n) is 3.01. The number of rotatable bonds is 15. The predicted molar refractivity (Wildman–Crippen MR) is 92.6 cm³/mol. The summed E-state index contributed by atoms with van der Waals surface area (Å²) >= 11 is -0.362. The zero-order valence-electron chi connectivity index (χ0n) is 14.2. The number of unbranched alkanes of at least 4 members (excludes halogenated alkanes) is 9. The van der Waals surface area contributed by atoms with Gasteiger partial charge in [-0.05, 0) is 0 Å². The van der Waals surface area contributed by atoms with E-state index < -0.39 is 0 Å². The highest BCUT2D eigenvalue weighted by Gasteiger charge is 2.15. The van der Waals surface area contributed by atoms with Crippen LogP contribution in [0.2, 0.25) is 15.8 Å². The molecule has 0 spiro atoms. The molecule has 0 saturated heterocycles. The Hall–Kier alpha value is 0.532. The van der Waals surface area contributed by atoms with E-state index in [0.717, 1.165) is 0 Å². The molecule has 0 aromatic rings. The minimum atomic E-state index is -0.362. The van der Waals surface area contributed by atoms with Gasteiger partial charge >= 0.3 is 0 Å². The molecule has 0 unspecified atom stereocenters. The molecule has 0 amide bonds. The molecule has 0 atom stereocenters. The molecule has 0 aliphatic carbocycles. The minimum Gasteiger partial charge on any atom is -0.0939 e. The summed E-state index contributed by atoms with van der Waals surface area (Å²) in [6.07, 6.45) is 17.7. The van der Waals surface area contributed by atoms with Crippen molar-refractivity contribution in [3.8, 4) is 0 Å². The third kappa shape index (κ3) is 14.7. The first-order valence-corrected chi connectivity index (χ1v) is 11.8. The van der Waals surface area contributed by atoms with Gasteiger partial charge in [0.2, 0.25) is 0 Å². The summed E-state index contributed by atoms with van der Waals surface area (Å²) in [4.78, 5) is 0. The molecule has 0 heterocycles. The van der Waals surface area contributed by atoms with E-state index >= 15 is 0 Å². The Balaban J connectivity index is 3.66. The van der Waals surface area contributed by atoms with Crippen LogP contribution in [0.3, 0.4) is 0 Å². The molecular formula is C18H39Al. The lowest BCUT2D eigenvalue weighted by atomic mass is 10.2. The molecule has 0 bridgehead atoms. The summed E-state index contributed by atoms with van der Waals surface area (Å²) in [7, 11) is 0. The summed E-state index contributed by atoms with van der Waals surface area (Å²) in [5.41, 5.74) is 0. The highest BCUT2D eigenvalue weighted by atomic mass is 27.2. The molecule has 1 heteroatoms. The molecule has 0 nitrogen and oxygen atoms in total. The summed E-state index contributed by atoms with van der Waals surface area (Å²) in [6, 6.07) is 0. The second kappa shape index (κ2) is 16.6. The van der Waals surface area contributed by atoms with E-state index in [1.807, 2.05) is 0 Å². The monoisotopic (exact) mass is 282 g/mol. The molecule has 0 aliphatic heterocycles. The van der Waals surface area contributed by atoms with Crippen molar-refractivity contribution in [1.82, 2.24) is 0 Å². The maximum Gasteiger partial charge on any atom is 0.261 e. The van der Waals surface area contributed by atoms with Gasteiger partial charge in [-0.25, -0.2) is 0 Å². The van der Waals surface area contributed by atoms with Crippen molar-refractivity contribution < 1.29 is 0 Å². The average Bonchev–Trinajstić information content (AvgIpc) is 2.43. The summed E-state index contributed by atoms with van der Waals surface area (Å²) in [5, 5.41) is 4.95. The minimum absolute atomic E-state index is 0.362. The fourth-order valence-corrected chi connectivity index (χ4v) is 6.48. The molecule has 0 fully saturated rings. The number of hydrogen-bond acceptors (Lipinski definition) is 0. The molecule has 0 rings (SSSR count). The Labute approximate surface area is 128 Å². The Kier molecular flexibility index (Phi) is 17.1. The van der Waals surface area contributed by atoms with Crippen LogP contribution in [-0.4, -0.2) is 14.1 Å².